The van der Waals surface area contributed by atoms with E-state index in [0.29, 0.717) is 12.1 Å². The highest BCUT2D eigenvalue weighted by Crippen LogP contribution is 2.35. The Morgan fingerprint density at radius 2 is 2.00 bits per heavy atom. The molecule has 1 aromatic carbocycles. The summed E-state index contributed by atoms with van der Waals surface area (Å²) in [6, 6.07) is 9.39. The van der Waals surface area contributed by atoms with Gasteiger partial charge in [0.2, 0.25) is 0 Å². The summed E-state index contributed by atoms with van der Waals surface area (Å²) in [5.74, 6) is 1.08. The Morgan fingerprint density at radius 3 is 2.70 bits per heavy atom. The van der Waals surface area contributed by atoms with Gasteiger partial charge in [-0.15, -0.1) is 0 Å². The molecule has 0 bridgehead atoms. The Bertz CT molecular complexity index is 611. The zero-order valence-electron chi connectivity index (χ0n) is 12.2. The molecule has 0 spiro atoms. The molecule has 1 aromatic heterocycles. The SMILES string of the molecule is CCC1CCC(C)N1c1ncc(CO)c2ccccc12. The van der Waals surface area contributed by atoms with Crippen LogP contribution >= 0.6 is 0 Å². The lowest BCUT2D eigenvalue weighted by Crippen LogP contribution is -2.35. The highest BCUT2D eigenvalue weighted by Gasteiger charge is 2.31. The largest absolute Gasteiger partial charge is 0.392 e. The molecule has 1 aliphatic heterocycles. The third-order valence-electron chi connectivity index (χ3n) is 4.53. The summed E-state index contributed by atoms with van der Waals surface area (Å²) in [4.78, 5) is 7.15. The van der Waals surface area contributed by atoms with E-state index in [1.807, 2.05) is 12.3 Å². The monoisotopic (exact) mass is 270 g/mol. The number of benzene rings is 1. The fraction of sp³-hybridized carbons (Fsp3) is 0.471. The number of pyridine rings is 1. The Balaban J connectivity index is 2.17. The summed E-state index contributed by atoms with van der Waals surface area (Å²) in [5, 5.41) is 11.8. The predicted molar refractivity (Wildman–Crippen MR) is 82.9 cm³/mol. The molecule has 2 aromatic rings. The molecule has 2 heterocycles. The molecular weight excluding hydrogens is 248 g/mol. The molecule has 0 saturated carbocycles. The maximum absolute atomic E-state index is 9.49. The van der Waals surface area contributed by atoms with E-state index in [-0.39, 0.29) is 6.61 Å². The van der Waals surface area contributed by atoms with E-state index < -0.39 is 0 Å². The van der Waals surface area contributed by atoms with E-state index in [1.54, 1.807) is 0 Å². The van der Waals surface area contributed by atoms with Gasteiger partial charge in [0.05, 0.1) is 6.61 Å². The molecule has 2 unspecified atom stereocenters. The van der Waals surface area contributed by atoms with Crippen LogP contribution in [-0.4, -0.2) is 22.2 Å². The van der Waals surface area contributed by atoms with Crippen LogP contribution in [0.25, 0.3) is 10.8 Å². The third-order valence-corrected chi connectivity index (χ3v) is 4.53. The molecule has 0 aliphatic carbocycles. The van der Waals surface area contributed by atoms with Crippen molar-refractivity contribution in [3.63, 3.8) is 0 Å². The summed E-state index contributed by atoms with van der Waals surface area (Å²) in [5.41, 5.74) is 0.907. The van der Waals surface area contributed by atoms with Crippen molar-refractivity contribution < 1.29 is 5.11 Å². The maximum Gasteiger partial charge on any atom is 0.136 e. The Morgan fingerprint density at radius 1 is 1.25 bits per heavy atom. The molecule has 3 nitrogen and oxygen atoms in total. The quantitative estimate of drug-likeness (QED) is 0.927. The van der Waals surface area contributed by atoms with Crippen LogP contribution < -0.4 is 4.90 Å². The average Bonchev–Trinajstić information content (AvgIpc) is 2.87. The van der Waals surface area contributed by atoms with Crippen LogP contribution in [-0.2, 0) is 6.61 Å². The number of hydrogen-bond donors (Lipinski definition) is 1. The lowest BCUT2D eigenvalue weighted by molar-refractivity contribution is 0.283. The summed E-state index contributed by atoms with van der Waals surface area (Å²) >= 11 is 0. The van der Waals surface area contributed by atoms with Gasteiger partial charge in [0.25, 0.3) is 0 Å². The summed E-state index contributed by atoms with van der Waals surface area (Å²) < 4.78 is 0. The maximum atomic E-state index is 9.49. The first kappa shape index (κ1) is 13.4. The first-order valence-corrected chi connectivity index (χ1v) is 7.52. The fourth-order valence-electron chi connectivity index (χ4n) is 3.42. The van der Waals surface area contributed by atoms with Crippen LogP contribution in [0.5, 0.6) is 0 Å². The third kappa shape index (κ3) is 2.06. The molecule has 0 amide bonds. The molecule has 1 N–H and O–H groups in total. The molecule has 1 fully saturated rings. The predicted octanol–water partition coefficient (Wildman–Crippen LogP) is 3.49. The Kier molecular flexibility index (Phi) is 3.62. The average molecular weight is 270 g/mol. The number of aromatic nitrogens is 1. The molecule has 1 saturated heterocycles. The van der Waals surface area contributed by atoms with Crippen molar-refractivity contribution in [3.05, 3.63) is 36.0 Å². The van der Waals surface area contributed by atoms with Gasteiger partial charge in [-0.1, -0.05) is 31.2 Å². The van der Waals surface area contributed by atoms with E-state index in [2.05, 4.69) is 41.9 Å². The number of nitrogens with zero attached hydrogens (tertiary/aromatic N) is 2. The molecule has 1 aliphatic rings. The van der Waals surface area contributed by atoms with Crippen LogP contribution in [0.15, 0.2) is 30.5 Å². The number of rotatable bonds is 3. The Labute approximate surface area is 120 Å². The molecular formula is C17H22N2O. The molecule has 2 atom stereocenters. The Hall–Kier alpha value is -1.61. The highest BCUT2D eigenvalue weighted by molar-refractivity contribution is 5.94. The summed E-state index contributed by atoms with van der Waals surface area (Å²) in [7, 11) is 0. The lowest BCUT2D eigenvalue weighted by atomic mass is 10.1. The van der Waals surface area contributed by atoms with Gasteiger partial charge in [0, 0.05) is 29.2 Å². The van der Waals surface area contributed by atoms with Crippen molar-refractivity contribution in [2.75, 3.05) is 4.90 Å². The lowest BCUT2D eigenvalue weighted by Gasteiger charge is -2.30. The van der Waals surface area contributed by atoms with Crippen molar-refractivity contribution >= 4 is 16.6 Å². The van der Waals surface area contributed by atoms with Crippen LogP contribution in [0.4, 0.5) is 5.82 Å². The topological polar surface area (TPSA) is 36.4 Å². The van der Waals surface area contributed by atoms with Crippen LogP contribution in [0.3, 0.4) is 0 Å². The van der Waals surface area contributed by atoms with Gasteiger partial charge in [-0.2, -0.15) is 0 Å². The van der Waals surface area contributed by atoms with Crippen molar-refractivity contribution in [3.8, 4) is 0 Å². The molecule has 3 rings (SSSR count). The van der Waals surface area contributed by atoms with E-state index in [1.165, 1.54) is 12.8 Å². The van der Waals surface area contributed by atoms with Gasteiger partial charge < -0.3 is 10.0 Å². The second-order valence-corrected chi connectivity index (χ2v) is 5.71. The molecule has 20 heavy (non-hydrogen) atoms. The zero-order chi connectivity index (χ0) is 14.1. The van der Waals surface area contributed by atoms with Gasteiger partial charge in [0.1, 0.15) is 5.82 Å². The van der Waals surface area contributed by atoms with Gasteiger partial charge >= 0.3 is 0 Å². The number of fused-ring (bicyclic) bond motifs is 1. The van der Waals surface area contributed by atoms with Crippen LogP contribution in [0, 0.1) is 0 Å². The second kappa shape index (κ2) is 5.41. The van der Waals surface area contributed by atoms with Crippen molar-refractivity contribution in [1.29, 1.82) is 0 Å². The number of hydrogen-bond acceptors (Lipinski definition) is 3. The molecule has 0 radical (unpaired) electrons. The van der Waals surface area contributed by atoms with Gasteiger partial charge in [-0.3, -0.25) is 0 Å². The number of anilines is 1. The van der Waals surface area contributed by atoms with Gasteiger partial charge in [-0.25, -0.2) is 4.98 Å². The van der Waals surface area contributed by atoms with Crippen molar-refractivity contribution in [2.24, 2.45) is 0 Å². The van der Waals surface area contributed by atoms with E-state index >= 15 is 0 Å². The minimum absolute atomic E-state index is 0.0422. The number of aliphatic hydroxyl groups excluding tert-OH is 1. The van der Waals surface area contributed by atoms with Crippen molar-refractivity contribution in [2.45, 2.75) is 51.8 Å². The second-order valence-electron chi connectivity index (χ2n) is 5.71. The summed E-state index contributed by atoms with van der Waals surface area (Å²) in [6.07, 6.45) is 5.46. The fourth-order valence-corrected chi connectivity index (χ4v) is 3.42. The van der Waals surface area contributed by atoms with Gasteiger partial charge in [-0.05, 0) is 31.6 Å². The minimum Gasteiger partial charge on any atom is -0.392 e. The zero-order valence-corrected chi connectivity index (χ0v) is 12.2. The minimum atomic E-state index is 0.0422. The van der Waals surface area contributed by atoms with E-state index in [4.69, 9.17) is 0 Å². The normalized spacial score (nSPS) is 22.6. The van der Waals surface area contributed by atoms with Crippen molar-refractivity contribution in [1.82, 2.24) is 4.98 Å². The molecule has 3 heteroatoms. The smallest absolute Gasteiger partial charge is 0.136 e. The first-order valence-electron chi connectivity index (χ1n) is 7.52. The molecule has 106 valence electrons. The highest BCUT2D eigenvalue weighted by atomic mass is 16.3. The van der Waals surface area contributed by atoms with E-state index in [0.717, 1.165) is 28.6 Å². The standard InChI is InChI=1S/C17H22N2O/c1-3-14-9-8-12(2)19(14)17-16-7-5-4-6-15(16)13(11-20)10-18-17/h4-7,10,12,14,20H,3,8-9,11H2,1-2H3. The number of aliphatic hydroxyl groups is 1. The summed E-state index contributed by atoms with van der Waals surface area (Å²) in [6.45, 7) is 4.58. The van der Waals surface area contributed by atoms with Crippen LogP contribution in [0.1, 0.15) is 38.7 Å². The van der Waals surface area contributed by atoms with E-state index in [9.17, 15) is 5.11 Å². The van der Waals surface area contributed by atoms with Gasteiger partial charge in [0.15, 0.2) is 0 Å². The van der Waals surface area contributed by atoms with Crippen LogP contribution in [0.2, 0.25) is 0 Å². The first-order chi connectivity index (χ1) is 9.76.